The molecule has 1 aromatic carbocycles. The quantitative estimate of drug-likeness (QED) is 0.880. The Kier molecular flexibility index (Phi) is 4.41. The number of hydrogen-bond donors (Lipinski definition) is 1. The Labute approximate surface area is 102 Å². The van der Waals surface area contributed by atoms with Crippen molar-refractivity contribution in [3.63, 3.8) is 0 Å². The Morgan fingerprint density at radius 2 is 1.81 bits per heavy atom. The second-order valence-electron chi connectivity index (χ2n) is 3.21. The van der Waals surface area contributed by atoms with E-state index in [-0.39, 0.29) is 12.4 Å². The normalized spacial score (nSPS) is 11.9. The van der Waals surface area contributed by atoms with E-state index < -0.39 is 17.7 Å². The second kappa shape index (κ2) is 5.39. The van der Waals surface area contributed by atoms with Crippen LogP contribution in [-0.2, 0) is 0 Å². The lowest BCUT2D eigenvalue weighted by atomic mass is 10.0. The van der Waals surface area contributed by atoms with Gasteiger partial charge in [-0.1, -0.05) is 6.07 Å². The third kappa shape index (κ3) is 2.58. The molecule has 0 unspecified atom stereocenters. The second-order valence-corrected chi connectivity index (χ2v) is 3.99. The van der Waals surface area contributed by atoms with Crippen molar-refractivity contribution >= 4 is 23.7 Å². The van der Waals surface area contributed by atoms with Crippen LogP contribution in [0.1, 0.15) is 17.2 Å². The van der Waals surface area contributed by atoms with Crippen molar-refractivity contribution in [1.29, 1.82) is 0 Å². The molecule has 0 fully saturated rings. The molecule has 16 heavy (non-hydrogen) atoms. The van der Waals surface area contributed by atoms with Gasteiger partial charge in [0.25, 0.3) is 0 Å². The van der Waals surface area contributed by atoms with Gasteiger partial charge in [0.1, 0.15) is 0 Å². The van der Waals surface area contributed by atoms with E-state index in [0.29, 0.717) is 5.56 Å². The SMILES string of the molecule is Cl.N[C@H](c1ccsc1)c1ccc(F)c(F)c1. The zero-order valence-electron chi connectivity index (χ0n) is 8.19. The standard InChI is InChI=1S/C11H9F2NS.ClH/c12-9-2-1-7(5-10(9)13)11(14)8-3-4-15-6-8;/h1-6,11H,14H2;1H/t11-;/m0./s1. The van der Waals surface area contributed by atoms with Gasteiger partial charge in [-0.05, 0) is 40.1 Å². The van der Waals surface area contributed by atoms with Gasteiger partial charge in [0.15, 0.2) is 11.6 Å². The van der Waals surface area contributed by atoms with Gasteiger partial charge in [-0.25, -0.2) is 8.78 Å². The number of halogens is 3. The molecule has 1 aromatic heterocycles. The molecule has 2 rings (SSSR count). The van der Waals surface area contributed by atoms with E-state index in [9.17, 15) is 8.78 Å². The van der Waals surface area contributed by atoms with E-state index >= 15 is 0 Å². The van der Waals surface area contributed by atoms with Gasteiger partial charge in [0.2, 0.25) is 0 Å². The van der Waals surface area contributed by atoms with Gasteiger partial charge in [-0.2, -0.15) is 11.3 Å². The van der Waals surface area contributed by atoms with Crippen LogP contribution in [0, 0.1) is 11.6 Å². The van der Waals surface area contributed by atoms with Crippen molar-refractivity contribution in [2.45, 2.75) is 6.04 Å². The van der Waals surface area contributed by atoms with Crippen LogP contribution in [0.2, 0.25) is 0 Å². The molecule has 0 saturated heterocycles. The van der Waals surface area contributed by atoms with E-state index in [1.54, 1.807) is 0 Å². The Morgan fingerprint density at radius 3 is 2.38 bits per heavy atom. The highest BCUT2D eigenvalue weighted by molar-refractivity contribution is 7.08. The third-order valence-electron chi connectivity index (χ3n) is 2.21. The largest absolute Gasteiger partial charge is 0.320 e. The maximum absolute atomic E-state index is 13.0. The predicted molar refractivity (Wildman–Crippen MR) is 64.0 cm³/mol. The Balaban J connectivity index is 0.00000128. The molecule has 0 aliphatic rings. The first-order chi connectivity index (χ1) is 7.18. The van der Waals surface area contributed by atoms with Gasteiger partial charge >= 0.3 is 0 Å². The van der Waals surface area contributed by atoms with Gasteiger partial charge in [0.05, 0.1) is 6.04 Å². The lowest BCUT2D eigenvalue weighted by molar-refractivity contribution is 0.506. The number of nitrogens with two attached hydrogens (primary N) is 1. The summed E-state index contributed by atoms with van der Waals surface area (Å²) in [5.74, 6) is -1.71. The van der Waals surface area contributed by atoms with Crippen LogP contribution >= 0.6 is 23.7 Å². The van der Waals surface area contributed by atoms with E-state index in [2.05, 4.69) is 0 Å². The summed E-state index contributed by atoms with van der Waals surface area (Å²) in [6.07, 6.45) is 0. The molecule has 0 aliphatic carbocycles. The lowest BCUT2D eigenvalue weighted by Crippen LogP contribution is -2.11. The van der Waals surface area contributed by atoms with Crippen molar-refractivity contribution in [2.24, 2.45) is 5.73 Å². The Hall–Kier alpha value is -0.970. The zero-order valence-corrected chi connectivity index (χ0v) is 9.82. The molecular weight excluding hydrogens is 252 g/mol. The first-order valence-corrected chi connectivity index (χ1v) is 5.35. The summed E-state index contributed by atoms with van der Waals surface area (Å²) >= 11 is 1.52. The Morgan fingerprint density at radius 1 is 1.06 bits per heavy atom. The molecule has 1 heterocycles. The fourth-order valence-electron chi connectivity index (χ4n) is 1.35. The molecule has 0 spiro atoms. The molecule has 0 amide bonds. The van der Waals surface area contributed by atoms with Crippen LogP contribution in [0.25, 0.3) is 0 Å². The van der Waals surface area contributed by atoms with Crippen LogP contribution in [-0.4, -0.2) is 0 Å². The van der Waals surface area contributed by atoms with Crippen molar-refractivity contribution < 1.29 is 8.78 Å². The summed E-state index contributed by atoms with van der Waals surface area (Å²) in [5, 5.41) is 3.79. The lowest BCUT2D eigenvalue weighted by Gasteiger charge is -2.10. The van der Waals surface area contributed by atoms with Crippen LogP contribution in [0.3, 0.4) is 0 Å². The number of rotatable bonds is 2. The van der Waals surface area contributed by atoms with Gasteiger partial charge in [-0.15, -0.1) is 12.4 Å². The average molecular weight is 262 g/mol. The number of thiophene rings is 1. The first kappa shape index (κ1) is 13.1. The van der Waals surface area contributed by atoms with Crippen molar-refractivity contribution in [3.8, 4) is 0 Å². The molecule has 0 aliphatic heterocycles. The molecule has 0 saturated carbocycles. The predicted octanol–water partition coefficient (Wildman–Crippen LogP) is 3.50. The molecule has 2 N–H and O–H groups in total. The molecule has 0 radical (unpaired) electrons. The smallest absolute Gasteiger partial charge is 0.159 e. The van der Waals surface area contributed by atoms with Crippen LogP contribution < -0.4 is 5.73 Å². The van der Waals surface area contributed by atoms with E-state index in [4.69, 9.17) is 5.73 Å². The molecule has 5 heteroatoms. The maximum atomic E-state index is 13.0. The first-order valence-electron chi connectivity index (χ1n) is 4.41. The highest BCUT2D eigenvalue weighted by Gasteiger charge is 2.11. The molecule has 0 bridgehead atoms. The summed E-state index contributed by atoms with van der Waals surface area (Å²) in [4.78, 5) is 0. The van der Waals surface area contributed by atoms with Crippen molar-refractivity contribution in [3.05, 3.63) is 57.8 Å². The van der Waals surface area contributed by atoms with Crippen LogP contribution in [0.5, 0.6) is 0 Å². The van der Waals surface area contributed by atoms with Crippen LogP contribution in [0.15, 0.2) is 35.0 Å². The summed E-state index contributed by atoms with van der Waals surface area (Å²) in [7, 11) is 0. The van der Waals surface area contributed by atoms with Gasteiger partial charge < -0.3 is 5.73 Å². The molecule has 1 nitrogen and oxygen atoms in total. The number of benzene rings is 1. The topological polar surface area (TPSA) is 26.0 Å². The summed E-state index contributed by atoms with van der Waals surface area (Å²) in [5.41, 5.74) is 7.38. The monoisotopic (exact) mass is 261 g/mol. The minimum Gasteiger partial charge on any atom is -0.320 e. The highest BCUT2D eigenvalue weighted by atomic mass is 35.5. The summed E-state index contributed by atoms with van der Waals surface area (Å²) in [6.45, 7) is 0. The molecule has 1 atom stereocenters. The molecular formula is C11H10ClF2NS. The zero-order chi connectivity index (χ0) is 10.8. The third-order valence-corrected chi connectivity index (χ3v) is 2.91. The highest BCUT2D eigenvalue weighted by Crippen LogP contribution is 2.22. The van der Waals surface area contributed by atoms with Crippen molar-refractivity contribution in [2.75, 3.05) is 0 Å². The summed E-state index contributed by atoms with van der Waals surface area (Å²) < 4.78 is 25.6. The maximum Gasteiger partial charge on any atom is 0.159 e. The average Bonchev–Trinajstić information content (AvgIpc) is 2.74. The fraction of sp³-hybridized carbons (Fsp3) is 0.0909. The van der Waals surface area contributed by atoms with Gasteiger partial charge in [0, 0.05) is 0 Å². The van der Waals surface area contributed by atoms with Crippen LogP contribution in [0.4, 0.5) is 8.78 Å². The van der Waals surface area contributed by atoms with E-state index in [1.165, 1.54) is 17.4 Å². The summed E-state index contributed by atoms with van der Waals surface area (Å²) in [6, 6.07) is 5.21. The minimum absolute atomic E-state index is 0. The van der Waals surface area contributed by atoms with E-state index in [1.807, 2.05) is 16.8 Å². The number of hydrogen-bond acceptors (Lipinski definition) is 2. The fourth-order valence-corrected chi connectivity index (χ4v) is 2.05. The Bertz CT molecular complexity index is 459. The van der Waals surface area contributed by atoms with Crippen molar-refractivity contribution in [1.82, 2.24) is 0 Å². The molecule has 2 aromatic rings. The van der Waals surface area contributed by atoms with E-state index in [0.717, 1.165) is 17.7 Å². The van der Waals surface area contributed by atoms with Gasteiger partial charge in [-0.3, -0.25) is 0 Å². The minimum atomic E-state index is -0.863. The molecule has 86 valence electrons.